The minimum Gasteiger partial charge on any atom is -0.457 e. The van der Waals surface area contributed by atoms with Crippen molar-refractivity contribution in [2.24, 2.45) is 5.73 Å². The van der Waals surface area contributed by atoms with Gasteiger partial charge in [-0.05, 0) is 35.2 Å². The van der Waals surface area contributed by atoms with Crippen molar-refractivity contribution in [3.8, 4) is 11.5 Å². The predicted octanol–water partition coefficient (Wildman–Crippen LogP) is 5.00. The summed E-state index contributed by atoms with van der Waals surface area (Å²) >= 11 is 3.51. The normalized spacial score (nSPS) is 11.4. The van der Waals surface area contributed by atoms with E-state index in [1.54, 1.807) is 0 Å². The zero-order chi connectivity index (χ0) is 14.8. The standard InChI is InChI=1S/C17H20BrNO/c1-17(2,3)12-6-4-7-13(10-12)20-16-9-5-8-15(18)14(16)11-19/h4-10H,11,19H2,1-3H3. The van der Waals surface area contributed by atoms with E-state index in [1.807, 2.05) is 30.3 Å². The number of halogens is 1. The van der Waals surface area contributed by atoms with Crippen molar-refractivity contribution in [2.75, 3.05) is 0 Å². The molecule has 0 saturated heterocycles. The molecule has 0 aliphatic rings. The van der Waals surface area contributed by atoms with Crippen LogP contribution in [0.15, 0.2) is 46.9 Å². The van der Waals surface area contributed by atoms with Gasteiger partial charge in [0.15, 0.2) is 0 Å². The summed E-state index contributed by atoms with van der Waals surface area (Å²) in [6.45, 7) is 7.01. The fraction of sp³-hybridized carbons (Fsp3) is 0.294. The molecule has 0 bridgehead atoms. The lowest BCUT2D eigenvalue weighted by Crippen LogP contribution is -2.10. The van der Waals surface area contributed by atoms with E-state index in [-0.39, 0.29) is 5.41 Å². The molecule has 106 valence electrons. The minimum atomic E-state index is 0.105. The Morgan fingerprint density at radius 2 is 1.80 bits per heavy atom. The van der Waals surface area contributed by atoms with E-state index in [1.165, 1.54) is 5.56 Å². The van der Waals surface area contributed by atoms with Crippen molar-refractivity contribution in [2.45, 2.75) is 32.7 Å². The van der Waals surface area contributed by atoms with E-state index in [2.05, 4.69) is 48.8 Å². The van der Waals surface area contributed by atoms with Crippen molar-refractivity contribution in [3.63, 3.8) is 0 Å². The number of rotatable bonds is 3. The first-order chi connectivity index (χ1) is 9.41. The van der Waals surface area contributed by atoms with E-state index in [0.29, 0.717) is 6.54 Å². The van der Waals surface area contributed by atoms with Crippen LogP contribution < -0.4 is 10.5 Å². The largest absolute Gasteiger partial charge is 0.457 e. The van der Waals surface area contributed by atoms with Gasteiger partial charge in [0.2, 0.25) is 0 Å². The van der Waals surface area contributed by atoms with Gasteiger partial charge in [-0.15, -0.1) is 0 Å². The summed E-state index contributed by atoms with van der Waals surface area (Å²) in [6, 6.07) is 14.1. The van der Waals surface area contributed by atoms with Crippen LogP contribution >= 0.6 is 15.9 Å². The molecule has 0 unspecified atom stereocenters. The first kappa shape index (κ1) is 15.1. The zero-order valence-electron chi connectivity index (χ0n) is 12.1. The third kappa shape index (κ3) is 3.41. The van der Waals surface area contributed by atoms with Crippen LogP contribution in [0.5, 0.6) is 11.5 Å². The van der Waals surface area contributed by atoms with Crippen molar-refractivity contribution in [1.29, 1.82) is 0 Å². The summed E-state index contributed by atoms with van der Waals surface area (Å²) in [7, 11) is 0. The molecule has 0 fully saturated rings. The van der Waals surface area contributed by atoms with E-state index < -0.39 is 0 Å². The maximum absolute atomic E-state index is 6.01. The smallest absolute Gasteiger partial charge is 0.133 e. The molecular formula is C17H20BrNO. The summed E-state index contributed by atoms with van der Waals surface area (Å²) in [5.41, 5.74) is 8.13. The highest BCUT2D eigenvalue weighted by atomic mass is 79.9. The fourth-order valence-corrected chi connectivity index (χ4v) is 2.50. The highest BCUT2D eigenvalue weighted by molar-refractivity contribution is 9.10. The van der Waals surface area contributed by atoms with E-state index >= 15 is 0 Å². The van der Waals surface area contributed by atoms with Crippen LogP contribution in [0.1, 0.15) is 31.9 Å². The van der Waals surface area contributed by atoms with E-state index in [0.717, 1.165) is 21.5 Å². The summed E-state index contributed by atoms with van der Waals surface area (Å²) in [4.78, 5) is 0. The topological polar surface area (TPSA) is 35.2 Å². The van der Waals surface area contributed by atoms with Gasteiger partial charge in [0.1, 0.15) is 11.5 Å². The molecular weight excluding hydrogens is 314 g/mol. The monoisotopic (exact) mass is 333 g/mol. The third-order valence-corrected chi connectivity index (χ3v) is 3.95. The Bertz CT molecular complexity index is 602. The van der Waals surface area contributed by atoms with Gasteiger partial charge < -0.3 is 10.5 Å². The Morgan fingerprint density at radius 3 is 2.45 bits per heavy atom. The highest BCUT2D eigenvalue weighted by Gasteiger charge is 2.14. The maximum atomic E-state index is 6.01. The fourth-order valence-electron chi connectivity index (χ4n) is 1.99. The first-order valence-corrected chi connectivity index (χ1v) is 7.47. The summed E-state index contributed by atoms with van der Waals surface area (Å²) in [5.74, 6) is 1.64. The molecule has 2 aromatic rings. The molecule has 2 aromatic carbocycles. The van der Waals surface area contributed by atoms with Crippen LogP contribution in [0, 0.1) is 0 Å². The minimum absolute atomic E-state index is 0.105. The van der Waals surface area contributed by atoms with E-state index in [9.17, 15) is 0 Å². The number of nitrogens with two attached hydrogens (primary N) is 1. The molecule has 0 saturated carbocycles. The number of hydrogen-bond acceptors (Lipinski definition) is 2. The molecule has 20 heavy (non-hydrogen) atoms. The van der Waals surface area contributed by atoms with Crippen LogP contribution in [0.4, 0.5) is 0 Å². The predicted molar refractivity (Wildman–Crippen MR) is 87.2 cm³/mol. The van der Waals surface area contributed by atoms with Gasteiger partial charge in [0, 0.05) is 16.6 Å². The van der Waals surface area contributed by atoms with Gasteiger partial charge in [0.25, 0.3) is 0 Å². The maximum Gasteiger partial charge on any atom is 0.133 e. The second-order valence-electron chi connectivity index (χ2n) is 5.80. The summed E-state index contributed by atoms with van der Waals surface area (Å²) in [6.07, 6.45) is 0. The third-order valence-electron chi connectivity index (χ3n) is 3.21. The van der Waals surface area contributed by atoms with Gasteiger partial charge >= 0.3 is 0 Å². The molecule has 0 aromatic heterocycles. The van der Waals surface area contributed by atoms with Crippen LogP contribution in [-0.4, -0.2) is 0 Å². The molecule has 2 N–H and O–H groups in total. The Morgan fingerprint density at radius 1 is 1.10 bits per heavy atom. The Labute approximate surface area is 129 Å². The zero-order valence-corrected chi connectivity index (χ0v) is 13.7. The number of ether oxygens (including phenoxy) is 1. The second-order valence-corrected chi connectivity index (χ2v) is 6.65. The SMILES string of the molecule is CC(C)(C)c1cccc(Oc2cccc(Br)c2CN)c1. The lowest BCUT2D eigenvalue weighted by molar-refractivity contribution is 0.472. The lowest BCUT2D eigenvalue weighted by Gasteiger charge is -2.20. The molecule has 2 rings (SSSR count). The molecule has 0 aliphatic carbocycles. The van der Waals surface area contributed by atoms with Gasteiger partial charge in [-0.25, -0.2) is 0 Å². The van der Waals surface area contributed by atoms with Crippen LogP contribution in [0.25, 0.3) is 0 Å². The molecule has 3 heteroatoms. The highest BCUT2D eigenvalue weighted by Crippen LogP contribution is 2.32. The second kappa shape index (κ2) is 5.98. The van der Waals surface area contributed by atoms with Gasteiger partial charge in [-0.1, -0.05) is 54.9 Å². The average Bonchev–Trinajstić information content (AvgIpc) is 2.38. The molecule has 0 spiro atoms. The molecule has 0 atom stereocenters. The molecule has 0 radical (unpaired) electrons. The Balaban J connectivity index is 2.34. The van der Waals surface area contributed by atoms with Gasteiger partial charge in [-0.2, -0.15) is 0 Å². The molecule has 0 heterocycles. The quantitative estimate of drug-likeness (QED) is 0.857. The van der Waals surface area contributed by atoms with Crippen molar-refractivity contribution in [1.82, 2.24) is 0 Å². The van der Waals surface area contributed by atoms with Crippen LogP contribution in [-0.2, 0) is 12.0 Å². The first-order valence-electron chi connectivity index (χ1n) is 6.67. The van der Waals surface area contributed by atoms with E-state index in [4.69, 9.17) is 10.5 Å². The van der Waals surface area contributed by atoms with Gasteiger partial charge in [-0.3, -0.25) is 0 Å². The number of hydrogen-bond donors (Lipinski definition) is 1. The van der Waals surface area contributed by atoms with Gasteiger partial charge in [0.05, 0.1) is 0 Å². The van der Waals surface area contributed by atoms with Crippen LogP contribution in [0.3, 0.4) is 0 Å². The molecule has 2 nitrogen and oxygen atoms in total. The average molecular weight is 334 g/mol. The van der Waals surface area contributed by atoms with Crippen molar-refractivity contribution < 1.29 is 4.74 Å². The van der Waals surface area contributed by atoms with Crippen molar-refractivity contribution >= 4 is 15.9 Å². The summed E-state index contributed by atoms with van der Waals surface area (Å²) in [5, 5.41) is 0. The Hall–Kier alpha value is -1.32. The van der Waals surface area contributed by atoms with Crippen LogP contribution in [0.2, 0.25) is 0 Å². The Kier molecular flexibility index (Phi) is 4.51. The molecule has 0 aliphatic heterocycles. The number of benzene rings is 2. The lowest BCUT2D eigenvalue weighted by atomic mass is 9.87. The summed E-state index contributed by atoms with van der Waals surface area (Å²) < 4.78 is 6.98. The van der Waals surface area contributed by atoms with Crippen molar-refractivity contribution in [3.05, 3.63) is 58.1 Å². The molecule has 0 amide bonds.